The van der Waals surface area contributed by atoms with Crippen LogP contribution in [0.15, 0.2) is 16.6 Å². The molecular formula is C10H10BrNO4. The summed E-state index contributed by atoms with van der Waals surface area (Å²) in [7, 11) is 0. The summed E-state index contributed by atoms with van der Waals surface area (Å²) < 4.78 is 11.3. The van der Waals surface area contributed by atoms with Crippen LogP contribution in [0.4, 0.5) is 0 Å². The highest BCUT2D eigenvalue weighted by Crippen LogP contribution is 2.39. The molecule has 0 fully saturated rings. The van der Waals surface area contributed by atoms with Crippen molar-refractivity contribution in [2.24, 2.45) is 0 Å². The van der Waals surface area contributed by atoms with E-state index in [-0.39, 0.29) is 13.3 Å². The van der Waals surface area contributed by atoms with Gasteiger partial charge in [0.25, 0.3) is 0 Å². The zero-order chi connectivity index (χ0) is 11.5. The number of ether oxygens (including phenoxy) is 2. The van der Waals surface area contributed by atoms with Crippen LogP contribution in [-0.4, -0.2) is 24.4 Å². The Kier molecular flexibility index (Phi) is 3.31. The highest BCUT2D eigenvalue weighted by atomic mass is 79.9. The number of hydrogen-bond acceptors (Lipinski definition) is 4. The highest BCUT2D eigenvalue weighted by molar-refractivity contribution is 9.10. The summed E-state index contributed by atoms with van der Waals surface area (Å²) in [5.74, 6) is 0.503. The van der Waals surface area contributed by atoms with Crippen molar-refractivity contribution < 1.29 is 19.4 Å². The van der Waals surface area contributed by atoms with Gasteiger partial charge in [0, 0.05) is 6.54 Å². The second-order valence-corrected chi connectivity index (χ2v) is 4.16. The third-order valence-electron chi connectivity index (χ3n) is 2.09. The van der Waals surface area contributed by atoms with Gasteiger partial charge in [-0.3, -0.25) is 4.79 Å². The van der Waals surface area contributed by atoms with Crippen LogP contribution in [0.3, 0.4) is 0 Å². The van der Waals surface area contributed by atoms with Gasteiger partial charge in [0.1, 0.15) is 0 Å². The Labute approximate surface area is 100 Å². The van der Waals surface area contributed by atoms with Crippen molar-refractivity contribution >= 4 is 21.9 Å². The largest absolute Gasteiger partial charge is 0.480 e. The van der Waals surface area contributed by atoms with Crippen LogP contribution in [0.1, 0.15) is 5.56 Å². The van der Waals surface area contributed by atoms with Crippen molar-refractivity contribution in [2.75, 3.05) is 13.3 Å². The molecule has 0 unspecified atom stereocenters. The van der Waals surface area contributed by atoms with Gasteiger partial charge in [0.05, 0.1) is 11.0 Å². The van der Waals surface area contributed by atoms with Crippen LogP contribution < -0.4 is 14.8 Å². The molecule has 86 valence electrons. The lowest BCUT2D eigenvalue weighted by Crippen LogP contribution is -2.21. The lowest BCUT2D eigenvalue weighted by Gasteiger charge is -2.05. The Morgan fingerprint density at radius 3 is 3.06 bits per heavy atom. The van der Waals surface area contributed by atoms with Gasteiger partial charge in [-0.25, -0.2) is 0 Å². The third-order valence-corrected chi connectivity index (χ3v) is 2.68. The third kappa shape index (κ3) is 2.45. The summed E-state index contributed by atoms with van der Waals surface area (Å²) in [5, 5.41) is 11.3. The summed E-state index contributed by atoms with van der Waals surface area (Å²) in [6, 6.07) is 3.71. The minimum atomic E-state index is -0.875. The number of aliphatic carboxylic acids is 1. The fraction of sp³-hybridized carbons (Fsp3) is 0.300. The molecule has 6 heteroatoms. The van der Waals surface area contributed by atoms with E-state index in [9.17, 15) is 4.79 Å². The molecule has 1 heterocycles. The zero-order valence-electron chi connectivity index (χ0n) is 8.33. The van der Waals surface area contributed by atoms with E-state index < -0.39 is 5.97 Å². The van der Waals surface area contributed by atoms with E-state index in [4.69, 9.17) is 14.6 Å². The molecule has 1 aromatic carbocycles. The topological polar surface area (TPSA) is 67.8 Å². The molecule has 1 aliphatic rings. The molecule has 2 rings (SSSR count). The van der Waals surface area contributed by atoms with E-state index in [1.54, 1.807) is 0 Å². The molecule has 0 aliphatic carbocycles. The van der Waals surface area contributed by atoms with Crippen LogP contribution in [0.2, 0.25) is 0 Å². The number of hydrogen-bond donors (Lipinski definition) is 2. The zero-order valence-corrected chi connectivity index (χ0v) is 9.91. The lowest BCUT2D eigenvalue weighted by molar-refractivity contribution is -0.135. The molecule has 0 aromatic heterocycles. The fourth-order valence-electron chi connectivity index (χ4n) is 1.44. The first-order chi connectivity index (χ1) is 7.66. The highest BCUT2D eigenvalue weighted by Gasteiger charge is 2.17. The second-order valence-electron chi connectivity index (χ2n) is 3.31. The minimum Gasteiger partial charge on any atom is -0.480 e. The molecule has 0 spiro atoms. The predicted octanol–water partition coefficient (Wildman–Crippen LogP) is 1.35. The Bertz CT molecular complexity index is 422. The van der Waals surface area contributed by atoms with Gasteiger partial charge < -0.3 is 19.9 Å². The van der Waals surface area contributed by atoms with Crippen LogP contribution >= 0.6 is 15.9 Å². The minimum absolute atomic E-state index is 0.0634. The van der Waals surface area contributed by atoms with E-state index in [0.717, 1.165) is 10.0 Å². The summed E-state index contributed by atoms with van der Waals surface area (Å²) in [6.07, 6.45) is 0. The summed E-state index contributed by atoms with van der Waals surface area (Å²) in [6.45, 7) is 0.632. The Hall–Kier alpha value is -1.27. The number of rotatable bonds is 4. The van der Waals surface area contributed by atoms with Gasteiger partial charge in [-0.05, 0) is 33.6 Å². The molecule has 5 nitrogen and oxygen atoms in total. The van der Waals surface area contributed by atoms with Crippen molar-refractivity contribution in [3.8, 4) is 11.5 Å². The normalized spacial score (nSPS) is 12.8. The molecule has 0 amide bonds. The molecule has 0 atom stereocenters. The molecule has 0 radical (unpaired) electrons. The monoisotopic (exact) mass is 287 g/mol. The number of fused-ring (bicyclic) bond motifs is 1. The van der Waals surface area contributed by atoms with Crippen molar-refractivity contribution in [1.29, 1.82) is 0 Å². The number of nitrogens with one attached hydrogen (secondary N) is 1. The van der Waals surface area contributed by atoms with E-state index in [2.05, 4.69) is 21.2 Å². The molecule has 16 heavy (non-hydrogen) atoms. The second kappa shape index (κ2) is 4.71. The first kappa shape index (κ1) is 11.2. The summed E-state index contributed by atoms with van der Waals surface area (Å²) in [5.41, 5.74) is 0.942. The van der Waals surface area contributed by atoms with E-state index in [1.165, 1.54) is 0 Å². The van der Waals surface area contributed by atoms with E-state index in [1.807, 2.05) is 12.1 Å². The van der Waals surface area contributed by atoms with Crippen LogP contribution in [-0.2, 0) is 11.3 Å². The fourth-order valence-corrected chi connectivity index (χ4v) is 2.04. The van der Waals surface area contributed by atoms with Gasteiger partial charge in [0.15, 0.2) is 11.5 Å². The maximum absolute atomic E-state index is 10.3. The Morgan fingerprint density at radius 2 is 2.31 bits per heavy atom. The van der Waals surface area contributed by atoms with Gasteiger partial charge in [0.2, 0.25) is 6.79 Å². The van der Waals surface area contributed by atoms with Crippen molar-refractivity contribution in [3.05, 3.63) is 22.2 Å². The van der Waals surface area contributed by atoms with Crippen LogP contribution in [0.5, 0.6) is 11.5 Å². The molecule has 0 saturated heterocycles. The van der Waals surface area contributed by atoms with Crippen molar-refractivity contribution in [1.82, 2.24) is 5.32 Å². The van der Waals surface area contributed by atoms with Crippen LogP contribution in [0.25, 0.3) is 0 Å². The first-order valence-corrected chi connectivity index (χ1v) is 5.46. The van der Waals surface area contributed by atoms with Gasteiger partial charge in [-0.15, -0.1) is 0 Å². The van der Waals surface area contributed by atoms with Crippen LogP contribution in [0, 0.1) is 0 Å². The average molecular weight is 288 g/mol. The molecule has 1 aliphatic heterocycles. The number of halogens is 1. The Balaban J connectivity index is 2.05. The molecule has 0 bridgehead atoms. The van der Waals surface area contributed by atoms with E-state index in [0.29, 0.717) is 18.0 Å². The Morgan fingerprint density at radius 1 is 1.50 bits per heavy atom. The summed E-state index contributed by atoms with van der Waals surface area (Å²) in [4.78, 5) is 10.3. The molecule has 2 N–H and O–H groups in total. The van der Waals surface area contributed by atoms with Crippen molar-refractivity contribution in [2.45, 2.75) is 6.54 Å². The molecular weight excluding hydrogens is 278 g/mol. The maximum Gasteiger partial charge on any atom is 0.317 e. The standard InChI is InChI=1S/C10H10BrNO4/c11-7-1-6(3-12-4-9(13)14)2-8-10(7)16-5-15-8/h1-2,12H,3-5H2,(H,13,14). The smallest absolute Gasteiger partial charge is 0.317 e. The quantitative estimate of drug-likeness (QED) is 0.875. The maximum atomic E-state index is 10.3. The number of carboxylic acid groups (broad SMARTS) is 1. The molecule has 1 aromatic rings. The SMILES string of the molecule is O=C(O)CNCc1cc(Br)c2c(c1)OCO2. The number of carboxylic acids is 1. The lowest BCUT2D eigenvalue weighted by atomic mass is 10.2. The van der Waals surface area contributed by atoms with Gasteiger partial charge >= 0.3 is 5.97 Å². The van der Waals surface area contributed by atoms with Gasteiger partial charge in [-0.1, -0.05) is 0 Å². The predicted molar refractivity (Wildman–Crippen MR) is 59.6 cm³/mol. The van der Waals surface area contributed by atoms with Crippen molar-refractivity contribution in [3.63, 3.8) is 0 Å². The average Bonchev–Trinajstić information content (AvgIpc) is 2.65. The summed E-state index contributed by atoms with van der Waals surface area (Å²) >= 11 is 3.37. The number of benzene rings is 1. The molecule has 0 saturated carbocycles. The van der Waals surface area contributed by atoms with E-state index >= 15 is 0 Å². The number of carbonyl (C=O) groups is 1. The first-order valence-electron chi connectivity index (χ1n) is 4.67. The van der Waals surface area contributed by atoms with Gasteiger partial charge in [-0.2, -0.15) is 0 Å².